The van der Waals surface area contributed by atoms with Gasteiger partial charge in [0.25, 0.3) is 5.91 Å². The van der Waals surface area contributed by atoms with Crippen LogP contribution >= 0.6 is 11.6 Å². The number of rotatable bonds is 5. The van der Waals surface area contributed by atoms with Crippen LogP contribution in [-0.4, -0.2) is 20.6 Å². The van der Waals surface area contributed by atoms with Crippen LogP contribution in [-0.2, 0) is 6.54 Å². The fourth-order valence-electron chi connectivity index (χ4n) is 3.22. The van der Waals surface area contributed by atoms with Crippen molar-refractivity contribution < 1.29 is 9.32 Å². The molecule has 28 heavy (non-hydrogen) atoms. The molecule has 0 spiro atoms. The van der Waals surface area contributed by atoms with Crippen molar-refractivity contribution in [2.75, 3.05) is 5.32 Å². The lowest BCUT2D eigenvalue weighted by Crippen LogP contribution is -2.17. The number of hydrogen-bond donors (Lipinski definition) is 2. The van der Waals surface area contributed by atoms with E-state index in [1.54, 1.807) is 18.2 Å². The van der Waals surface area contributed by atoms with Crippen LogP contribution < -0.4 is 11.1 Å². The van der Waals surface area contributed by atoms with Gasteiger partial charge in [-0.25, -0.2) is 4.79 Å². The van der Waals surface area contributed by atoms with Gasteiger partial charge in [-0.15, -0.1) is 0 Å². The van der Waals surface area contributed by atoms with E-state index in [-0.39, 0.29) is 11.7 Å². The molecular formula is C20H17ClN4O3. The number of para-hydroxylation sites is 1. The van der Waals surface area contributed by atoms with Crippen LogP contribution in [0.3, 0.4) is 0 Å². The lowest BCUT2D eigenvalue weighted by Gasteiger charge is -2.12. The molecule has 2 heterocycles. The standard InChI is InChI=1S/C20H17ClN4O3/c1-2-9-25-16-6-4-3-5-12(16)10-17(25)19(26)22-15-8-7-13(21)11-14(15)18-23-20(27)28-24-18/h3-8,10-11H,2,9H2,1H3,(H,22,26)(H,23,24,27). The van der Waals surface area contributed by atoms with Crippen molar-refractivity contribution in [3.8, 4) is 11.4 Å². The maximum absolute atomic E-state index is 13.1. The second kappa shape index (κ2) is 7.36. The van der Waals surface area contributed by atoms with E-state index in [4.69, 9.17) is 11.6 Å². The number of aromatic amines is 1. The lowest BCUT2D eigenvalue weighted by molar-refractivity contribution is 0.101. The molecule has 2 N–H and O–H groups in total. The van der Waals surface area contributed by atoms with Crippen molar-refractivity contribution in [3.05, 3.63) is 69.8 Å². The highest BCUT2D eigenvalue weighted by molar-refractivity contribution is 6.31. The van der Waals surface area contributed by atoms with E-state index >= 15 is 0 Å². The van der Waals surface area contributed by atoms with Crippen molar-refractivity contribution in [1.82, 2.24) is 14.7 Å². The molecule has 0 unspecified atom stereocenters. The summed E-state index contributed by atoms with van der Waals surface area (Å²) in [6, 6.07) is 14.7. The van der Waals surface area contributed by atoms with Gasteiger partial charge in [0.2, 0.25) is 0 Å². The van der Waals surface area contributed by atoms with Gasteiger partial charge < -0.3 is 9.88 Å². The molecule has 142 valence electrons. The first-order valence-corrected chi connectivity index (χ1v) is 9.20. The van der Waals surface area contributed by atoms with E-state index < -0.39 is 5.76 Å². The Hall–Kier alpha value is -3.32. The maximum atomic E-state index is 13.1. The number of amides is 1. The Bertz CT molecular complexity index is 1220. The second-order valence-electron chi connectivity index (χ2n) is 6.33. The highest BCUT2D eigenvalue weighted by atomic mass is 35.5. The fraction of sp³-hybridized carbons (Fsp3) is 0.150. The summed E-state index contributed by atoms with van der Waals surface area (Å²) < 4.78 is 6.57. The molecule has 0 radical (unpaired) electrons. The second-order valence-corrected chi connectivity index (χ2v) is 6.76. The monoisotopic (exact) mass is 396 g/mol. The van der Waals surface area contributed by atoms with Gasteiger partial charge in [0.15, 0.2) is 5.82 Å². The predicted octanol–water partition coefficient (Wildman–Crippen LogP) is 4.30. The van der Waals surface area contributed by atoms with Gasteiger partial charge in [-0.05, 0) is 36.8 Å². The van der Waals surface area contributed by atoms with E-state index in [0.29, 0.717) is 22.0 Å². The van der Waals surface area contributed by atoms with E-state index in [2.05, 4.69) is 26.9 Å². The fourth-order valence-corrected chi connectivity index (χ4v) is 3.39. The molecule has 0 bridgehead atoms. The number of fused-ring (bicyclic) bond motifs is 1. The molecule has 8 heteroatoms. The van der Waals surface area contributed by atoms with E-state index in [9.17, 15) is 9.59 Å². The molecule has 4 rings (SSSR count). The molecule has 0 aliphatic carbocycles. The summed E-state index contributed by atoms with van der Waals surface area (Å²) >= 11 is 6.08. The molecule has 0 atom stereocenters. The summed E-state index contributed by atoms with van der Waals surface area (Å²) in [6.07, 6.45) is 0.894. The Morgan fingerprint density at radius 3 is 2.82 bits per heavy atom. The number of halogens is 1. The van der Waals surface area contributed by atoms with E-state index in [0.717, 1.165) is 23.9 Å². The number of carbonyl (C=O) groups excluding carboxylic acids is 1. The summed E-state index contributed by atoms with van der Waals surface area (Å²) in [7, 11) is 0. The van der Waals surface area contributed by atoms with Gasteiger partial charge in [0, 0.05) is 28.0 Å². The van der Waals surface area contributed by atoms with Gasteiger partial charge in [0.05, 0.1) is 5.69 Å². The molecule has 1 amide bonds. The summed E-state index contributed by atoms with van der Waals surface area (Å²) in [6.45, 7) is 2.79. The van der Waals surface area contributed by atoms with Crippen molar-refractivity contribution in [2.45, 2.75) is 19.9 Å². The van der Waals surface area contributed by atoms with Crippen molar-refractivity contribution >= 4 is 34.1 Å². The molecule has 0 fully saturated rings. The molecule has 0 aliphatic rings. The van der Waals surface area contributed by atoms with Crippen molar-refractivity contribution in [1.29, 1.82) is 0 Å². The Kier molecular flexibility index (Phi) is 4.75. The van der Waals surface area contributed by atoms with Gasteiger partial charge in [0.1, 0.15) is 5.69 Å². The number of anilines is 1. The average Bonchev–Trinajstić information content (AvgIpc) is 3.28. The van der Waals surface area contributed by atoms with E-state index in [1.807, 2.05) is 34.9 Å². The molecule has 2 aromatic carbocycles. The zero-order valence-corrected chi connectivity index (χ0v) is 15.8. The third-order valence-electron chi connectivity index (χ3n) is 4.42. The molecular weight excluding hydrogens is 380 g/mol. The number of hydrogen-bond acceptors (Lipinski definition) is 4. The number of nitrogens with one attached hydrogen (secondary N) is 2. The number of carbonyl (C=O) groups is 1. The molecule has 0 saturated carbocycles. The number of aromatic nitrogens is 3. The third kappa shape index (κ3) is 3.32. The maximum Gasteiger partial charge on any atom is 0.439 e. The average molecular weight is 397 g/mol. The van der Waals surface area contributed by atoms with Crippen LogP contribution in [0.1, 0.15) is 23.8 Å². The van der Waals surface area contributed by atoms with Crippen molar-refractivity contribution in [2.24, 2.45) is 0 Å². The minimum absolute atomic E-state index is 0.192. The molecule has 0 saturated heterocycles. The SMILES string of the molecule is CCCn1c(C(=O)Nc2ccc(Cl)cc2-c2noc(=O)[nH]2)cc2ccccc21. The largest absolute Gasteiger partial charge is 0.439 e. The Morgan fingerprint density at radius 2 is 2.07 bits per heavy atom. The van der Waals surface area contributed by atoms with Crippen LogP contribution in [0.5, 0.6) is 0 Å². The minimum atomic E-state index is -0.685. The van der Waals surface area contributed by atoms with Crippen LogP contribution in [0, 0.1) is 0 Å². The quantitative estimate of drug-likeness (QED) is 0.526. The summed E-state index contributed by atoms with van der Waals surface area (Å²) in [4.78, 5) is 26.9. The van der Waals surface area contributed by atoms with Gasteiger partial charge in [-0.2, -0.15) is 0 Å². The Balaban J connectivity index is 1.75. The van der Waals surface area contributed by atoms with Crippen LogP contribution in [0.15, 0.2) is 57.8 Å². The highest BCUT2D eigenvalue weighted by Crippen LogP contribution is 2.29. The van der Waals surface area contributed by atoms with Crippen molar-refractivity contribution in [3.63, 3.8) is 0 Å². The number of benzene rings is 2. The first kappa shape index (κ1) is 18.1. The smallest absolute Gasteiger partial charge is 0.337 e. The number of aryl methyl sites for hydroxylation is 1. The van der Waals surface area contributed by atoms with Gasteiger partial charge >= 0.3 is 5.76 Å². The Morgan fingerprint density at radius 1 is 1.25 bits per heavy atom. The highest BCUT2D eigenvalue weighted by Gasteiger charge is 2.18. The zero-order valence-electron chi connectivity index (χ0n) is 15.0. The molecule has 2 aromatic heterocycles. The normalized spacial score (nSPS) is 11.1. The Labute approximate surface area is 164 Å². The topological polar surface area (TPSA) is 92.9 Å². The van der Waals surface area contributed by atoms with Gasteiger partial charge in [-0.3, -0.25) is 14.3 Å². The molecule has 7 nitrogen and oxygen atoms in total. The first-order valence-electron chi connectivity index (χ1n) is 8.82. The lowest BCUT2D eigenvalue weighted by atomic mass is 10.1. The first-order chi connectivity index (χ1) is 13.6. The van der Waals surface area contributed by atoms with Crippen LogP contribution in [0.4, 0.5) is 5.69 Å². The molecule has 4 aromatic rings. The summed E-state index contributed by atoms with van der Waals surface area (Å²) in [5.41, 5.74) is 2.49. The third-order valence-corrected chi connectivity index (χ3v) is 4.65. The van der Waals surface area contributed by atoms with Gasteiger partial charge in [-0.1, -0.05) is 41.9 Å². The summed E-state index contributed by atoms with van der Waals surface area (Å²) in [5.74, 6) is -0.758. The molecule has 0 aliphatic heterocycles. The zero-order chi connectivity index (χ0) is 19.7. The number of nitrogens with zero attached hydrogens (tertiary/aromatic N) is 2. The van der Waals surface area contributed by atoms with Crippen LogP contribution in [0.25, 0.3) is 22.3 Å². The van der Waals surface area contributed by atoms with Crippen LogP contribution in [0.2, 0.25) is 5.02 Å². The van der Waals surface area contributed by atoms with E-state index in [1.165, 1.54) is 0 Å². The number of H-pyrrole nitrogens is 1. The summed E-state index contributed by atoms with van der Waals surface area (Å²) in [5, 5.41) is 8.03. The predicted molar refractivity (Wildman–Crippen MR) is 108 cm³/mol. The minimum Gasteiger partial charge on any atom is -0.337 e.